The van der Waals surface area contributed by atoms with Gasteiger partial charge in [0.25, 0.3) is 0 Å². The summed E-state index contributed by atoms with van der Waals surface area (Å²) in [6.07, 6.45) is 0. The van der Waals surface area contributed by atoms with Gasteiger partial charge in [0.05, 0.1) is 0 Å². The molecule has 0 aliphatic carbocycles. The minimum Gasteiger partial charge on any atom is -0.508 e. The number of hydrogen-bond donors (Lipinski definition) is 4. The van der Waals surface area contributed by atoms with E-state index in [4.69, 9.17) is 10.8 Å². The van der Waals surface area contributed by atoms with Crippen molar-refractivity contribution in [3.8, 4) is 17.2 Å². The van der Waals surface area contributed by atoms with Crippen molar-refractivity contribution in [2.24, 2.45) is 5.73 Å². The third kappa shape index (κ3) is 1.75. The first kappa shape index (κ1) is 10.7. The summed E-state index contributed by atoms with van der Waals surface area (Å²) in [7, 11) is 0. The molecule has 0 saturated heterocycles. The summed E-state index contributed by atoms with van der Waals surface area (Å²) in [6.45, 7) is 4.03. The van der Waals surface area contributed by atoms with Gasteiger partial charge in [0.15, 0.2) is 11.5 Å². The molecule has 0 bridgehead atoms. The van der Waals surface area contributed by atoms with E-state index in [-0.39, 0.29) is 17.2 Å². The first-order valence-electron chi connectivity index (χ1n) is 4.34. The van der Waals surface area contributed by atoms with E-state index in [1.54, 1.807) is 0 Å². The quantitative estimate of drug-likeness (QED) is 0.421. The Bertz CT molecular complexity index is 347. The van der Waals surface area contributed by atoms with Crippen LogP contribution in [0.15, 0.2) is 12.1 Å². The summed E-state index contributed by atoms with van der Waals surface area (Å²) in [6, 6.07) is 2.44. The summed E-state index contributed by atoms with van der Waals surface area (Å²) < 4.78 is 0. The Hall–Kier alpha value is -1.42. The maximum absolute atomic E-state index is 9.56. The summed E-state index contributed by atoms with van der Waals surface area (Å²) >= 11 is 0. The zero-order chi connectivity index (χ0) is 10.9. The lowest BCUT2D eigenvalue weighted by molar-refractivity contribution is 0.387. The minimum absolute atomic E-state index is 0.0595. The van der Waals surface area contributed by atoms with Crippen LogP contribution < -0.4 is 5.73 Å². The fraction of sp³-hybridized carbons (Fsp3) is 0.400. The van der Waals surface area contributed by atoms with Crippen LogP contribution in [0.4, 0.5) is 0 Å². The molecular formula is C10H15NO3. The molecule has 0 aliphatic heterocycles. The van der Waals surface area contributed by atoms with Crippen LogP contribution in [0.1, 0.15) is 19.4 Å². The molecule has 0 atom stereocenters. The molecule has 0 aliphatic rings. The first-order chi connectivity index (χ1) is 6.38. The monoisotopic (exact) mass is 197 g/mol. The second kappa shape index (κ2) is 3.38. The van der Waals surface area contributed by atoms with Gasteiger partial charge in [0, 0.05) is 23.6 Å². The predicted octanol–water partition coefficient (Wildman–Crippen LogP) is 1.04. The van der Waals surface area contributed by atoms with Crippen molar-refractivity contribution in [1.29, 1.82) is 0 Å². The summed E-state index contributed by atoms with van der Waals surface area (Å²) in [4.78, 5) is 0. The van der Waals surface area contributed by atoms with Crippen molar-refractivity contribution >= 4 is 0 Å². The third-order valence-corrected chi connectivity index (χ3v) is 2.33. The van der Waals surface area contributed by atoms with E-state index in [1.165, 1.54) is 6.07 Å². The number of aromatic hydroxyl groups is 3. The highest BCUT2D eigenvalue weighted by atomic mass is 16.3. The van der Waals surface area contributed by atoms with Gasteiger partial charge in [-0.15, -0.1) is 0 Å². The molecule has 0 aromatic heterocycles. The molecule has 1 rings (SSSR count). The van der Waals surface area contributed by atoms with Crippen molar-refractivity contribution in [1.82, 2.24) is 0 Å². The molecule has 0 fully saturated rings. The fourth-order valence-electron chi connectivity index (χ4n) is 1.22. The molecule has 1 aromatic rings. The lowest BCUT2D eigenvalue weighted by atomic mass is 9.84. The van der Waals surface area contributed by atoms with Crippen molar-refractivity contribution in [3.63, 3.8) is 0 Å². The smallest absolute Gasteiger partial charge is 0.161 e. The SMILES string of the molecule is CC(C)(CN)c1cc(O)c(O)cc1O. The van der Waals surface area contributed by atoms with Crippen molar-refractivity contribution in [2.75, 3.05) is 6.54 Å². The maximum atomic E-state index is 9.56. The molecule has 0 unspecified atom stereocenters. The standard InChI is InChI=1S/C10H15NO3/c1-10(2,5-11)6-3-8(13)9(14)4-7(6)12/h3-4,12-14H,5,11H2,1-2H3. The number of phenols is 3. The molecule has 0 radical (unpaired) electrons. The van der Waals surface area contributed by atoms with Crippen LogP contribution in [-0.2, 0) is 5.41 Å². The van der Waals surface area contributed by atoms with E-state index in [2.05, 4.69) is 0 Å². The Morgan fingerprint density at radius 2 is 1.57 bits per heavy atom. The highest BCUT2D eigenvalue weighted by Crippen LogP contribution is 2.38. The van der Waals surface area contributed by atoms with Gasteiger partial charge in [-0.2, -0.15) is 0 Å². The first-order valence-corrected chi connectivity index (χ1v) is 4.34. The molecule has 78 valence electrons. The maximum Gasteiger partial charge on any atom is 0.161 e. The Balaban J connectivity index is 3.29. The average molecular weight is 197 g/mol. The highest BCUT2D eigenvalue weighted by molar-refractivity contribution is 5.51. The van der Waals surface area contributed by atoms with E-state index >= 15 is 0 Å². The van der Waals surface area contributed by atoms with Crippen LogP contribution >= 0.6 is 0 Å². The van der Waals surface area contributed by atoms with E-state index in [0.29, 0.717) is 12.1 Å². The van der Waals surface area contributed by atoms with Crippen molar-refractivity contribution < 1.29 is 15.3 Å². The van der Waals surface area contributed by atoms with Crippen molar-refractivity contribution in [3.05, 3.63) is 17.7 Å². The van der Waals surface area contributed by atoms with Gasteiger partial charge in [-0.3, -0.25) is 0 Å². The van der Waals surface area contributed by atoms with Gasteiger partial charge in [0.2, 0.25) is 0 Å². The van der Waals surface area contributed by atoms with Gasteiger partial charge in [-0.25, -0.2) is 0 Å². The predicted molar refractivity (Wildman–Crippen MR) is 53.5 cm³/mol. The Labute approximate surface area is 82.6 Å². The number of hydrogen-bond acceptors (Lipinski definition) is 4. The largest absolute Gasteiger partial charge is 0.508 e. The van der Waals surface area contributed by atoms with E-state index < -0.39 is 5.41 Å². The summed E-state index contributed by atoms with van der Waals surface area (Å²) in [5, 5.41) is 28.0. The Morgan fingerprint density at radius 1 is 1.07 bits per heavy atom. The molecule has 14 heavy (non-hydrogen) atoms. The molecule has 1 aromatic carbocycles. The molecule has 4 nitrogen and oxygen atoms in total. The second-order valence-corrected chi connectivity index (χ2v) is 3.95. The Morgan fingerprint density at radius 3 is 2.07 bits per heavy atom. The molecular weight excluding hydrogens is 182 g/mol. The summed E-state index contributed by atoms with van der Waals surface area (Å²) in [5.74, 6) is -0.644. The highest BCUT2D eigenvalue weighted by Gasteiger charge is 2.23. The van der Waals surface area contributed by atoms with Crippen LogP contribution in [0.25, 0.3) is 0 Å². The zero-order valence-corrected chi connectivity index (χ0v) is 8.28. The average Bonchev–Trinajstić information content (AvgIpc) is 2.11. The zero-order valence-electron chi connectivity index (χ0n) is 8.28. The molecule has 0 saturated carbocycles. The van der Waals surface area contributed by atoms with Crippen LogP contribution in [0.3, 0.4) is 0 Å². The van der Waals surface area contributed by atoms with E-state index in [9.17, 15) is 10.2 Å². The van der Waals surface area contributed by atoms with Gasteiger partial charge < -0.3 is 21.1 Å². The number of nitrogens with two attached hydrogens (primary N) is 1. The van der Waals surface area contributed by atoms with E-state index in [1.807, 2.05) is 13.8 Å². The lowest BCUT2D eigenvalue weighted by Crippen LogP contribution is -2.28. The number of rotatable bonds is 2. The van der Waals surface area contributed by atoms with E-state index in [0.717, 1.165) is 6.07 Å². The third-order valence-electron chi connectivity index (χ3n) is 2.33. The van der Waals surface area contributed by atoms with Gasteiger partial charge >= 0.3 is 0 Å². The van der Waals surface area contributed by atoms with Crippen LogP contribution in [-0.4, -0.2) is 21.9 Å². The molecule has 0 spiro atoms. The van der Waals surface area contributed by atoms with Gasteiger partial charge in [0.1, 0.15) is 5.75 Å². The normalized spacial score (nSPS) is 11.6. The van der Waals surface area contributed by atoms with Crippen LogP contribution in [0, 0.1) is 0 Å². The van der Waals surface area contributed by atoms with Crippen molar-refractivity contribution in [2.45, 2.75) is 19.3 Å². The van der Waals surface area contributed by atoms with Crippen LogP contribution in [0.5, 0.6) is 17.2 Å². The number of phenolic OH excluding ortho intramolecular Hbond substituents is 3. The molecule has 4 heteroatoms. The molecule has 0 heterocycles. The van der Waals surface area contributed by atoms with Gasteiger partial charge in [-0.05, 0) is 6.07 Å². The second-order valence-electron chi connectivity index (χ2n) is 3.95. The summed E-state index contributed by atoms with van der Waals surface area (Å²) in [5.41, 5.74) is 5.63. The fourth-order valence-corrected chi connectivity index (χ4v) is 1.22. The van der Waals surface area contributed by atoms with Gasteiger partial charge in [-0.1, -0.05) is 13.8 Å². The lowest BCUT2D eigenvalue weighted by Gasteiger charge is -2.24. The Kier molecular flexibility index (Phi) is 2.57. The topological polar surface area (TPSA) is 86.7 Å². The minimum atomic E-state index is -0.435. The number of benzene rings is 1. The molecule has 5 N–H and O–H groups in total. The van der Waals surface area contributed by atoms with Crippen LogP contribution in [0.2, 0.25) is 0 Å². The molecule has 0 amide bonds.